The predicted molar refractivity (Wildman–Crippen MR) is 73.1 cm³/mol. The lowest BCUT2D eigenvalue weighted by molar-refractivity contribution is -0.142. The van der Waals surface area contributed by atoms with Crippen LogP contribution in [0.15, 0.2) is 35.2 Å². The fraction of sp³-hybridized carbons (Fsp3) is 0.467. The van der Waals surface area contributed by atoms with E-state index in [0.29, 0.717) is 12.8 Å². The minimum atomic E-state index is -0.807. The predicted octanol–water partition coefficient (Wildman–Crippen LogP) is 2.85. The number of carbonyl (C=O) groups is 2. The second-order valence-corrected chi connectivity index (χ2v) is 6.64. The highest BCUT2D eigenvalue weighted by Gasteiger charge is 2.77. The van der Waals surface area contributed by atoms with Crippen LogP contribution in [0.25, 0.3) is 0 Å². The lowest BCUT2D eigenvalue weighted by Gasteiger charge is -2.12. The Morgan fingerprint density at radius 1 is 1.42 bits per heavy atom. The third kappa shape index (κ3) is 1.73. The molecule has 4 heteroatoms. The molecule has 4 atom stereocenters. The average molecular weight is 276 g/mol. The minimum absolute atomic E-state index is 0.0210. The zero-order chi connectivity index (χ0) is 13.6. The van der Waals surface area contributed by atoms with Gasteiger partial charge in [-0.2, -0.15) is 0 Å². The van der Waals surface area contributed by atoms with Crippen LogP contribution in [0.3, 0.4) is 0 Å². The number of ketones is 1. The molecule has 2 aliphatic carbocycles. The molecule has 2 saturated carbocycles. The van der Waals surface area contributed by atoms with E-state index in [1.54, 1.807) is 11.8 Å². The van der Waals surface area contributed by atoms with Crippen molar-refractivity contribution in [1.29, 1.82) is 0 Å². The maximum absolute atomic E-state index is 12.2. The number of carboxylic acid groups (broad SMARTS) is 1. The van der Waals surface area contributed by atoms with Crippen LogP contribution in [-0.2, 0) is 9.59 Å². The lowest BCUT2D eigenvalue weighted by Crippen LogP contribution is -2.20. The van der Waals surface area contributed by atoms with Gasteiger partial charge in [-0.25, -0.2) is 0 Å². The zero-order valence-electron chi connectivity index (χ0n) is 10.7. The summed E-state index contributed by atoms with van der Waals surface area (Å²) in [5.74, 6) is -1.09. The van der Waals surface area contributed by atoms with Gasteiger partial charge >= 0.3 is 5.97 Å². The molecule has 0 amide bonds. The highest BCUT2D eigenvalue weighted by Crippen LogP contribution is 2.70. The van der Waals surface area contributed by atoms with E-state index in [1.807, 2.05) is 37.3 Å². The van der Waals surface area contributed by atoms with Gasteiger partial charge in [0.25, 0.3) is 0 Å². The smallest absolute Gasteiger partial charge is 0.307 e. The molecule has 1 aromatic carbocycles. The van der Waals surface area contributed by atoms with Crippen LogP contribution in [0.4, 0.5) is 0 Å². The first-order valence-corrected chi connectivity index (χ1v) is 7.47. The molecule has 19 heavy (non-hydrogen) atoms. The molecule has 0 aromatic heterocycles. The van der Waals surface area contributed by atoms with Crippen molar-refractivity contribution in [2.45, 2.75) is 29.9 Å². The van der Waals surface area contributed by atoms with Crippen LogP contribution >= 0.6 is 11.8 Å². The number of hydrogen-bond acceptors (Lipinski definition) is 3. The van der Waals surface area contributed by atoms with E-state index in [9.17, 15) is 14.7 Å². The maximum atomic E-state index is 12.2. The van der Waals surface area contributed by atoms with Crippen molar-refractivity contribution in [1.82, 2.24) is 0 Å². The topological polar surface area (TPSA) is 54.4 Å². The molecule has 3 rings (SSSR count). The Kier molecular flexibility index (Phi) is 2.93. The van der Waals surface area contributed by atoms with E-state index in [1.165, 1.54) is 0 Å². The van der Waals surface area contributed by atoms with Crippen molar-refractivity contribution >= 4 is 23.5 Å². The van der Waals surface area contributed by atoms with Crippen molar-refractivity contribution in [2.24, 2.45) is 17.3 Å². The van der Waals surface area contributed by atoms with E-state index in [0.717, 1.165) is 4.90 Å². The number of carbonyl (C=O) groups excluding carboxylic acids is 1. The normalized spacial score (nSPS) is 36.1. The third-order valence-corrected chi connectivity index (χ3v) is 5.89. The van der Waals surface area contributed by atoms with Gasteiger partial charge in [0.2, 0.25) is 0 Å². The standard InChI is InChI=1S/C15H16O3S/c1-2-15-11(16)8-10(12(15)13(15)14(17)18)19-9-6-4-3-5-7-9/h3-7,10,12-13H,2,8H2,1H3,(H,17,18). The summed E-state index contributed by atoms with van der Waals surface area (Å²) in [6.45, 7) is 1.93. The van der Waals surface area contributed by atoms with Gasteiger partial charge in [0.1, 0.15) is 5.78 Å². The minimum Gasteiger partial charge on any atom is -0.481 e. The second kappa shape index (κ2) is 4.37. The first kappa shape index (κ1) is 12.7. The van der Waals surface area contributed by atoms with Crippen molar-refractivity contribution < 1.29 is 14.7 Å². The molecule has 0 heterocycles. The molecule has 1 aromatic rings. The number of aliphatic carboxylic acids is 1. The molecule has 2 fully saturated rings. The lowest BCUT2D eigenvalue weighted by atomic mass is 9.95. The van der Waals surface area contributed by atoms with Crippen LogP contribution < -0.4 is 0 Å². The first-order valence-electron chi connectivity index (χ1n) is 6.59. The van der Waals surface area contributed by atoms with E-state index < -0.39 is 17.3 Å². The van der Waals surface area contributed by atoms with Crippen LogP contribution in [0.5, 0.6) is 0 Å². The summed E-state index contributed by atoms with van der Waals surface area (Å²) in [4.78, 5) is 24.6. The van der Waals surface area contributed by atoms with E-state index >= 15 is 0 Å². The summed E-state index contributed by atoms with van der Waals surface area (Å²) in [5.41, 5.74) is -0.557. The van der Waals surface area contributed by atoms with Crippen LogP contribution in [0, 0.1) is 17.3 Å². The summed E-state index contributed by atoms with van der Waals surface area (Å²) in [6, 6.07) is 9.91. The maximum Gasteiger partial charge on any atom is 0.307 e. The van der Waals surface area contributed by atoms with E-state index in [4.69, 9.17) is 0 Å². The van der Waals surface area contributed by atoms with E-state index in [-0.39, 0.29) is 17.0 Å². The molecule has 0 bridgehead atoms. The van der Waals surface area contributed by atoms with Gasteiger partial charge in [-0.1, -0.05) is 25.1 Å². The Labute approximate surface area is 116 Å². The summed E-state index contributed by atoms with van der Waals surface area (Å²) in [6.07, 6.45) is 1.17. The number of benzene rings is 1. The molecular weight excluding hydrogens is 260 g/mol. The summed E-state index contributed by atoms with van der Waals surface area (Å²) < 4.78 is 0. The number of fused-ring (bicyclic) bond motifs is 1. The summed E-state index contributed by atoms with van der Waals surface area (Å²) >= 11 is 1.66. The first-order chi connectivity index (χ1) is 9.11. The molecule has 3 nitrogen and oxygen atoms in total. The zero-order valence-corrected chi connectivity index (χ0v) is 11.5. The number of thioether (sulfide) groups is 1. The summed E-state index contributed by atoms with van der Waals surface area (Å²) in [7, 11) is 0. The highest BCUT2D eigenvalue weighted by molar-refractivity contribution is 8.00. The highest BCUT2D eigenvalue weighted by atomic mass is 32.2. The largest absolute Gasteiger partial charge is 0.481 e. The van der Waals surface area contributed by atoms with Crippen LogP contribution in [-0.4, -0.2) is 22.1 Å². The molecular formula is C15H16O3S. The van der Waals surface area contributed by atoms with Gasteiger partial charge < -0.3 is 5.11 Å². The monoisotopic (exact) mass is 276 g/mol. The molecule has 1 N–H and O–H groups in total. The van der Waals surface area contributed by atoms with E-state index in [2.05, 4.69) is 0 Å². The Bertz CT molecular complexity index is 527. The molecule has 100 valence electrons. The molecule has 0 aliphatic heterocycles. The van der Waals surface area contributed by atoms with Gasteiger partial charge in [0, 0.05) is 22.0 Å². The van der Waals surface area contributed by atoms with Crippen LogP contribution in [0.1, 0.15) is 19.8 Å². The van der Waals surface area contributed by atoms with Gasteiger partial charge in [0.05, 0.1) is 5.92 Å². The fourth-order valence-electron chi connectivity index (χ4n) is 3.69. The number of carboxylic acids is 1. The average Bonchev–Trinajstić information content (AvgIpc) is 3.02. The van der Waals surface area contributed by atoms with Crippen molar-refractivity contribution in [2.75, 3.05) is 0 Å². The number of Topliss-reactive ketones (excluding diaryl/α,β-unsaturated/α-hetero) is 1. The van der Waals surface area contributed by atoms with Crippen molar-refractivity contribution in [3.8, 4) is 0 Å². The van der Waals surface area contributed by atoms with Gasteiger partial charge in [-0.3, -0.25) is 9.59 Å². The second-order valence-electron chi connectivity index (χ2n) is 5.33. The van der Waals surface area contributed by atoms with Crippen molar-refractivity contribution in [3.05, 3.63) is 30.3 Å². The quantitative estimate of drug-likeness (QED) is 0.918. The number of rotatable bonds is 4. The van der Waals surface area contributed by atoms with Gasteiger partial charge in [0.15, 0.2) is 0 Å². The Morgan fingerprint density at radius 2 is 2.11 bits per heavy atom. The van der Waals surface area contributed by atoms with Gasteiger partial charge in [-0.15, -0.1) is 11.8 Å². The molecule has 0 saturated heterocycles. The van der Waals surface area contributed by atoms with Crippen molar-refractivity contribution in [3.63, 3.8) is 0 Å². The fourth-order valence-corrected chi connectivity index (χ4v) is 5.14. The molecule has 0 radical (unpaired) electrons. The number of hydrogen-bond donors (Lipinski definition) is 1. The third-order valence-electron chi connectivity index (χ3n) is 4.59. The van der Waals surface area contributed by atoms with Gasteiger partial charge in [-0.05, 0) is 24.5 Å². The van der Waals surface area contributed by atoms with Crippen LogP contribution in [0.2, 0.25) is 0 Å². The SMILES string of the molecule is CCC12C(=O)CC(Sc3ccccc3)C1C2C(=O)O. The summed E-state index contributed by atoms with van der Waals surface area (Å²) in [5, 5.41) is 9.42. The molecule has 2 aliphatic rings. The molecule has 4 unspecified atom stereocenters. The Balaban J connectivity index is 1.83. The Morgan fingerprint density at radius 3 is 2.63 bits per heavy atom. The molecule has 0 spiro atoms. The Hall–Kier alpha value is -1.29.